The number of hydrogen-bond donors (Lipinski definition) is 1. The van der Waals surface area contributed by atoms with Crippen LogP contribution >= 0.6 is 0 Å². The van der Waals surface area contributed by atoms with Gasteiger partial charge in [-0.3, -0.25) is 24.1 Å². The molecule has 1 N–H and O–H groups in total. The van der Waals surface area contributed by atoms with E-state index < -0.39 is 6.04 Å². The highest BCUT2D eigenvalue weighted by molar-refractivity contribution is 6.21. The molecule has 4 amide bonds. The van der Waals surface area contributed by atoms with E-state index in [-0.39, 0.29) is 49.6 Å². The van der Waals surface area contributed by atoms with Crippen molar-refractivity contribution in [1.82, 2.24) is 15.1 Å². The van der Waals surface area contributed by atoms with Crippen LogP contribution in [0.1, 0.15) is 58.0 Å². The fraction of sp³-hybridized carbons (Fsp3) is 0.312. The minimum absolute atomic E-state index is 0.0731. The Morgan fingerprint density at radius 1 is 0.900 bits per heavy atom. The SMILES string of the molecule is CCCNC(=O)[C@H](Cc1ccccc1)N(Cc1cccc(OC)c1)C(=O)CCCN1C(=O)c2ccccc2C1=O. The summed E-state index contributed by atoms with van der Waals surface area (Å²) in [7, 11) is 1.58. The minimum Gasteiger partial charge on any atom is -0.497 e. The Kier molecular flexibility index (Phi) is 9.67. The summed E-state index contributed by atoms with van der Waals surface area (Å²) in [4.78, 5) is 55.6. The number of methoxy groups -OCH3 is 1. The molecule has 1 atom stereocenters. The van der Waals surface area contributed by atoms with Crippen molar-refractivity contribution < 1.29 is 23.9 Å². The lowest BCUT2D eigenvalue weighted by molar-refractivity contribution is -0.141. The molecule has 1 aliphatic rings. The van der Waals surface area contributed by atoms with Gasteiger partial charge in [-0.1, -0.05) is 61.5 Å². The average Bonchev–Trinajstić information content (AvgIpc) is 3.23. The van der Waals surface area contributed by atoms with Gasteiger partial charge in [0.25, 0.3) is 11.8 Å². The van der Waals surface area contributed by atoms with Crippen LogP contribution in [0, 0.1) is 0 Å². The van der Waals surface area contributed by atoms with Crippen molar-refractivity contribution in [3.05, 3.63) is 101 Å². The smallest absolute Gasteiger partial charge is 0.261 e. The molecule has 0 saturated heterocycles. The van der Waals surface area contributed by atoms with E-state index in [9.17, 15) is 19.2 Å². The summed E-state index contributed by atoms with van der Waals surface area (Å²) in [6, 6.07) is 23.0. The zero-order valence-electron chi connectivity index (χ0n) is 23.0. The molecule has 1 heterocycles. The molecular weight excluding hydrogens is 506 g/mol. The maximum absolute atomic E-state index is 13.8. The number of imide groups is 1. The van der Waals surface area contributed by atoms with Crippen molar-refractivity contribution in [1.29, 1.82) is 0 Å². The number of ether oxygens (including phenoxy) is 1. The van der Waals surface area contributed by atoms with E-state index in [1.807, 2.05) is 61.5 Å². The molecule has 0 radical (unpaired) electrons. The van der Waals surface area contributed by atoms with E-state index >= 15 is 0 Å². The number of rotatable bonds is 13. The summed E-state index contributed by atoms with van der Waals surface area (Å²) in [5.41, 5.74) is 2.53. The Morgan fingerprint density at radius 2 is 1.55 bits per heavy atom. The maximum atomic E-state index is 13.8. The molecule has 40 heavy (non-hydrogen) atoms. The van der Waals surface area contributed by atoms with Crippen LogP contribution in [0.5, 0.6) is 5.75 Å². The van der Waals surface area contributed by atoms with Crippen molar-refractivity contribution in [3.63, 3.8) is 0 Å². The molecule has 0 aliphatic carbocycles. The van der Waals surface area contributed by atoms with Crippen LogP contribution in [-0.4, -0.2) is 59.7 Å². The fourth-order valence-electron chi connectivity index (χ4n) is 4.86. The number of nitrogens with one attached hydrogen (secondary N) is 1. The van der Waals surface area contributed by atoms with Crippen LogP contribution in [0.2, 0.25) is 0 Å². The summed E-state index contributed by atoms with van der Waals surface area (Å²) in [6.45, 7) is 2.81. The molecule has 3 aromatic carbocycles. The van der Waals surface area contributed by atoms with Gasteiger partial charge in [-0.05, 0) is 48.2 Å². The van der Waals surface area contributed by atoms with E-state index in [1.54, 1.807) is 36.3 Å². The maximum Gasteiger partial charge on any atom is 0.261 e. The standard InChI is InChI=1S/C32H35N3O5/c1-3-18-33-30(37)28(21-23-11-5-4-6-12-23)35(22-24-13-9-14-25(20-24)40-2)29(36)17-10-19-34-31(38)26-15-7-8-16-27(26)32(34)39/h4-9,11-16,20,28H,3,10,17-19,21-22H2,1-2H3,(H,33,37)/t28-/m0/s1. The second-order valence-electron chi connectivity index (χ2n) is 9.78. The molecule has 3 aromatic rings. The summed E-state index contributed by atoms with van der Waals surface area (Å²) >= 11 is 0. The average molecular weight is 542 g/mol. The van der Waals surface area contributed by atoms with E-state index in [0.29, 0.717) is 29.8 Å². The summed E-state index contributed by atoms with van der Waals surface area (Å²) in [5.74, 6) is -0.482. The lowest BCUT2D eigenvalue weighted by Gasteiger charge is -2.32. The van der Waals surface area contributed by atoms with Crippen LogP contribution < -0.4 is 10.1 Å². The van der Waals surface area contributed by atoms with Crippen molar-refractivity contribution >= 4 is 23.6 Å². The molecule has 0 unspecified atom stereocenters. The third-order valence-corrected chi connectivity index (χ3v) is 6.96. The van der Waals surface area contributed by atoms with Crippen LogP contribution in [-0.2, 0) is 22.6 Å². The quantitative estimate of drug-likeness (QED) is 0.327. The molecule has 0 bridgehead atoms. The molecule has 208 valence electrons. The van der Waals surface area contributed by atoms with Gasteiger partial charge in [-0.2, -0.15) is 0 Å². The molecule has 0 spiro atoms. The van der Waals surface area contributed by atoms with Crippen LogP contribution in [0.4, 0.5) is 0 Å². The van der Waals surface area contributed by atoms with Gasteiger partial charge in [0, 0.05) is 32.5 Å². The Bertz CT molecular complexity index is 1320. The Labute approximate surface area is 234 Å². The number of nitrogens with zero attached hydrogens (tertiary/aromatic N) is 2. The number of benzene rings is 3. The van der Waals surface area contributed by atoms with Crippen molar-refractivity contribution in [2.75, 3.05) is 20.2 Å². The van der Waals surface area contributed by atoms with E-state index in [2.05, 4.69) is 5.32 Å². The van der Waals surface area contributed by atoms with Gasteiger partial charge < -0.3 is 15.0 Å². The first-order valence-electron chi connectivity index (χ1n) is 13.6. The lowest BCUT2D eigenvalue weighted by Crippen LogP contribution is -2.50. The van der Waals surface area contributed by atoms with Gasteiger partial charge >= 0.3 is 0 Å². The minimum atomic E-state index is -0.744. The normalized spacial score (nSPS) is 13.1. The molecule has 0 fully saturated rings. The molecule has 1 aliphatic heterocycles. The zero-order valence-corrected chi connectivity index (χ0v) is 23.0. The van der Waals surface area contributed by atoms with Gasteiger partial charge in [-0.15, -0.1) is 0 Å². The molecule has 0 aromatic heterocycles. The number of hydrogen-bond acceptors (Lipinski definition) is 5. The van der Waals surface area contributed by atoms with E-state index in [4.69, 9.17) is 4.74 Å². The second kappa shape index (κ2) is 13.6. The first-order chi connectivity index (χ1) is 19.4. The molecule has 4 rings (SSSR count). The largest absolute Gasteiger partial charge is 0.497 e. The van der Waals surface area contributed by atoms with Gasteiger partial charge in [0.05, 0.1) is 18.2 Å². The molecule has 8 heteroatoms. The Morgan fingerprint density at radius 3 is 2.20 bits per heavy atom. The highest BCUT2D eigenvalue weighted by atomic mass is 16.5. The monoisotopic (exact) mass is 541 g/mol. The van der Waals surface area contributed by atoms with Crippen LogP contribution in [0.3, 0.4) is 0 Å². The highest BCUT2D eigenvalue weighted by Crippen LogP contribution is 2.24. The molecule has 0 saturated carbocycles. The van der Waals surface area contributed by atoms with Gasteiger partial charge in [0.1, 0.15) is 11.8 Å². The number of carbonyl (C=O) groups is 4. The first-order valence-corrected chi connectivity index (χ1v) is 13.6. The third-order valence-electron chi connectivity index (χ3n) is 6.96. The summed E-state index contributed by atoms with van der Waals surface area (Å²) < 4.78 is 5.37. The summed E-state index contributed by atoms with van der Waals surface area (Å²) in [5, 5.41) is 2.96. The fourth-order valence-corrected chi connectivity index (χ4v) is 4.86. The van der Waals surface area contributed by atoms with Crippen molar-refractivity contribution in [2.24, 2.45) is 0 Å². The third kappa shape index (κ3) is 6.75. The van der Waals surface area contributed by atoms with Crippen molar-refractivity contribution in [3.8, 4) is 5.75 Å². The van der Waals surface area contributed by atoms with Gasteiger partial charge in [-0.25, -0.2) is 0 Å². The topological polar surface area (TPSA) is 96.0 Å². The number of carbonyl (C=O) groups excluding carboxylic acids is 4. The lowest BCUT2D eigenvalue weighted by atomic mass is 10.0. The Balaban J connectivity index is 1.54. The molecular formula is C32H35N3O5. The first kappa shape index (κ1) is 28.5. The van der Waals surface area contributed by atoms with Crippen LogP contribution in [0.25, 0.3) is 0 Å². The summed E-state index contributed by atoms with van der Waals surface area (Å²) in [6.07, 6.45) is 1.48. The van der Waals surface area contributed by atoms with E-state index in [0.717, 1.165) is 17.5 Å². The highest BCUT2D eigenvalue weighted by Gasteiger charge is 2.35. The van der Waals surface area contributed by atoms with Crippen molar-refractivity contribution in [2.45, 2.75) is 45.2 Å². The number of fused-ring (bicyclic) bond motifs is 1. The second-order valence-corrected chi connectivity index (χ2v) is 9.78. The Hall–Kier alpha value is -4.46. The van der Waals surface area contributed by atoms with Crippen LogP contribution in [0.15, 0.2) is 78.9 Å². The predicted octanol–water partition coefficient (Wildman–Crippen LogP) is 4.24. The predicted molar refractivity (Wildman–Crippen MR) is 152 cm³/mol. The van der Waals surface area contributed by atoms with Gasteiger partial charge in [0.2, 0.25) is 11.8 Å². The molecule has 8 nitrogen and oxygen atoms in total. The zero-order chi connectivity index (χ0) is 28.5. The van der Waals surface area contributed by atoms with E-state index in [1.165, 1.54) is 4.90 Å². The number of amides is 4. The van der Waals surface area contributed by atoms with Gasteiger partial charge in [0.15, 0.2) is 0 Å².